The molecule has 0 bridgehead atoms. The van der Waals surface area contributed by atoms with E-state index in [0.717, 1.165) is 51.4 Å². The van der Waals surface area contributed by atoms with Crippen LogP contribution in [0.3, 0.4) is 0 Å². The number of phosphoric ester groups is 1. The lowest BCUT2D eigenvalue weighted by Crippen LogP contribution is -2.64. The second-order valence-electron chi connectivity index (χ2n) is 12.2. The van der Waals surface area contributed by atoms with Gasteiger partial charge in [0.15, 0.2) is 0 Å². The Kier molecular flexibility index (Phi) is 22.8. The molecule has 0 spiro atoms. The molecule has 1 saturated carbocycles. The normalized spacial score (nSPS) is 26.9. The average molecular weight is 694 g/mol. The molecular weight excluding hydrogens is 633 g/mol. The molecule has 9 N–H and O–H groups in total. The third kappa shape index (κ3) is 18.2. The lowest BCUT2D eigenvalue weighted by atomic mass is 9.85. The lowest BCUT2D eigenvalue weighted by Gasteiger charge is -2.41. The highest BCUT2D eigenvalue weighted by atomic mass is 31.2. The highest BCUT2D eigenvalue weighted by Crippen LogP contribution is 2.47. The molecule has 0 aromatic carbocycles. The van der Waals surface area contributed by atoms with Gasteiger partial charge in [0.25, 0.3) is 0 Å². The number of nitrogens with one attached hydrogen (secondary N) is 1. The van der Waals surface area contributed by atoms with E-state index >= 15 is 0 Å². The topological polar surface area (TPSA) is 226 Å². The maximum atomic E-state index is 12.7. The number of hydrogen-bond acceptors (Lipinski definition) is 11. The van der Waals surface area contributed by atoms with Crippen LogP contribution in [0, 0.1) is 0 Å². The summed E-state index contributed by atoms with van der Waals surface area (Å²) >= 11 is 0. The Labute approximate surface area is 279 Å². The maximum Gasteiger partial charge on any atom is 0.472 e. The van der Waals surface area contributed by atoms with Gasteiger partial charge in [-0.15, -0.1) is 0 Å². The van der Waals surface area contributed by atoms with Crippen molar-refractivity contribution in [1.82, 2.24) is 5.32 Å². The first-order valence-electron chi connectivity index (χ1n) is 17.0. The van der Waals surface area contributed by atoms with Crippen molar-refractivity contribution in [2.75, 3.05) is 6.61 Å². The molecule has 0 saturated heterocycles. The molecule has 13 nitrogen and oxygen atoms in total. The molecule has 0 heterocycles. The summed E-state index contributed by atoms with van der Waals surface area (Å²) in [5.41, 5.74) is 0. The molecule has 14 heteroatoms. The summed E-state index contributed by atoms with van der Waals surface area (Å²) in [7, 11) is -5.13. The summed E-state index contributed by atoms with van der Waals surface area (Å²) in [4.78, 5) is 23.0. The molecule has 1 rings (SSSR count). The van der Waals surface area contributed by atoms with E-state index in [2.05, 4.69) is 25.2 Å². The monoisotopic (exact) mass is 693 g/mol. The largest absolute Gasteiger partial charge is 0.472 e. The zero-order chi connectivity index (χ0) is 35.2. The first-order chi connectivity index (χ1) is 22.3. The van der Waals surface area contributed by atoms with Crippen LogP contribution in [0.5, 0.6) is 0 Å². The van der Waals surface area contributed by atoms with Crippen LogP contribution >= 0.6 is 7.82 Å². The predicted octanol–water partition coefficient (Wildman–Crippen LogP) is 2.68. The molecule has 8 unspecified atom stereocenters. The molecule has 0 aromatic rings. The van der Waals surface area contributed by atoms with Gasteiger partial charge in [0.1, 0.15) is 36.6 Å². The van der Waals surface area contributed by atoms with Crippen LogP contribution in [0.15, 0.2) is 36.5 Å². The molecule has 8 atom stereocenters. The lowest BCUT2D eigenvalue weighted by molar-refractivity contribution is -0.220. The van der Waals surface area contributed by atoms with E-state index in [9.17, 15) is 50.0 Å². The van der Waals surface area contributed by atoms with Crippen molar-refractivity contribution in [1.29, 1.82) is 0 Å². The van der Waals surface area contributed by atoms with E-state index in [-0.39, 0.29) is 12.8 Å². The first kappa shape index (κ1) is 43.5. The van der Waals surface area contributed by atoms with E-state index in [1.807, 2.05) is 18.2 Å². The SMILES string of the molecule is CCCCCC/C=C\CC(O)CC(=O)NC(COP(=O)(O)OC1C(O)C(O)C(O)C(O)C1O)C(O)/C=C/CC/C=C/CCCCCC. The third-order valence-electron chi connectivity index (χ3n) is 7.95. The fourth-order valence-electron chi connectivity index (χ4n) is 5.02. The van der Waals surface area contributed by atoms with Gasteiger partial charge in [0.2, 0.25) is 5.91 Å². The fraction of sp³-hybridized carbons (Fsp3) is 0.788. The molecule has 47 heavy (non-hydrogen) atoms. The molecule has 1 aliphatic carbocycles. The second-order valence-corrected chi connectivity index (χ2v) is 13.6. The number of rotatable bonds is 25. The molecule has 0 radical (unpaired) electrons. The Morgan fingerprint density at radius 1 is 0.745 bits per heavy atom. The summed E-state index contributed by atoms with van der Waals surface area (Å²) in [6.45, 7) is 3.53. The van der Waals surface area contributed by atoms with E-state index in [0.29, 0.717) is 6.42 Å². The van der Waals surface area contributed by atoms with Crippen molar-refractivity contribution in [3.63, 3.8) is 0 Å². The number of phosphoric acid groups is 1. The van der Waals surface area contributed by atoms with Crippen LogP contribution in [-0.4, -0.2) is 108 Å². The smallest absolute Gasteiger partial charge is 0.392 e. The van der Waals surface area contributed by atoms with E-state index in [4.69, 9.17) is 9.05 Å². The number of allylic oxidation sites excluding steroid dienone is 4. The molecule has 0 aromatic heterocycles. The van der Waals surface area contributed by atoms with Gasteiger partial charge in [-0.1, -0.05) is 88.8 Å². The fourth-order valence-corrected chi connectivity index (χ4v) is 5.98. The van der Waals surface area contributed by atoms with Gasteiger partial charge in [-0.3, -0.25) is 13.8 Å². The third-order valence-corrected chi connectivity index (χ3v) is 8.93. The minimum absolute atomic E-state index is 0.245. The summed E-state index contributed by atoms with van der Waals surface area (Å²) in [5.74, 6) is -0.645. The molecule has 1 amide bonds. The van der Waals surface area contributed by atoms with E-state index < -0.39 is 75.2 Å². The second kappa shape index (κ2) is 24.6. The van der Waals surface area contributed by atoms with E-state index in [1.165, 1.54) is 25.3 Å². The summed E-state index contributed by atoms with van der Waals surface area (Å²) < 4.78 is 22.5. The zero-order valence-electron chi connectivity index (χ0n) is 27.9. The van der Waals surface area contributed by atoms with Crippen LogP contribution in [0.1, 0.15) is 104 Å². The van der Waals surface area contributed by atoms with Crippen LogP contribution in [0.2, 0.25) is 0 Å². The minimum Gasteiger partial charge on any atom is -0.392 e. The van der Waals surface area contributed by atoms with Crippen LogP contribution in [-0.2, 0) is 18.4 Å². The van der Waals surface area contributed by atoms with Crippen molar-refractivity contribution in [2.24, 2.45) is 0 Å². The van der Waals surface area contributed by atoms with Gasteiger partial charge in [-0.2, -0.15) is 0 Å². The van der Waals surface area contributed by atoms with Crippen molar-refractivity contribution in [3.8, 4) is 0 Å². The van der Waals surface area contributed by atoms with Gasteiger partial charge < -0.3 is 46.0 Å². The minimum atomic E-state index is -5.13. The van der Waals surface area contributed by atoms with Crippen molar-refractivity contribution in [2.45, 2.75) is 159 Å². The molecule has 0 aliphatic heterocycles. The Hall–Kier alpha value is -1.48. The molecule has 1 fully saturated rings. The van der Waals surface area contributed by atoms with Crippen LogP contribution in [0.4, 0.5) is 0 Å². The van der Waals surface area contributed by atoms with Gasteiger partial charge >= 0.3 is 7.82 Å². The Morgan fingerprint density at radius 2 is 1.26 bits per heavy atom. The predicted molar refractivity (Wildman–Crippen MR) is 178 cm³/mol. The highest BCUT2D eigenvalue weighted by Gasteiger charge is 2.51. The number of aliphatic hydroxyl groups excluding tert-OH is 7. The quantitative estimate of drug-likeness (QED) is 0.0382. The van der Waals surface area contributed by atoms with Crippen molar-refractivity contribution < 1.29 is 59.0 Å². The van der Waals surface area contributed by atoms with E-state index in [1.54, 1.807) is 6.08 Å². The zero-order valence-corrected chi connectivity index (χ0v) is 28.8. The summed E-state index contributed by atoms with van der Waals surface area (Å²) in [6.07, 6.45) is 8.95. The highest BCUT2D eigenvalue weighted by molar-refractivity contribution is 7.47. The maximum absolute atomic E-state index is 12.7. The number of carbonyl (C=O) groups is 1. The number of aliphatic hydroxyl groups is 7. The average Bonchev–Trinajstić information content (AvgIpc) is 3.03. The molecule has 274 valence electrons. The number of hydrogen-bond donors (Lipinski definition) is 9. The number of amides is 1. The molecular formula is C33H60NO12P. The van der Waals surface area contributed by atoms with Gasteiger partial charge in [-0.25, -0.2) is 4.57 Å². The number of carbonyl (C=O) groups excluding carboxylic acids is 1. The van der Waals surface area contributed by atoms with Crippen molar-refractivity contribution in [3.05, 3.63) is 36.5 Å². The van der Waals surface area contributed by atoms with Gasteiger partial charge in [0.05, 0.1) is 31.3 Å². The summed E-state index contributed by atoms with van der Waals surface area (Å²) in [5, 5.41) is 73.4. The van der Waals surface area contributed by atoms with Crippen LogP contribution < -0.4 is 5.32 Å². The van der Waals surface area contributed by atoms with Crippen molar-refractivity contribution >= 4 is 13.7 Å². The standard InChI is InChI=1S/C33H60NO12P/c1-3-5-7-9-11-12-13-15-17-19-21-26(36)25(34-27(37)22-24(35)20-18-16-14-10-8-6-4-2)23-45-47(43,44)46-33-31(41)29(39)28(38)30(40)32(33)42/h12-13,16,18-19,21,24-26,28-33,35-36,38-42H,3-11,14-15,17,20,22-23H2,1-2H3,(H,34,37)(H,43,44)/b13-12+,18-16-,21-19+. The van der Waals surface area contributed by atoms with Gasteiger partial charge in [0, 0.05) is 0 Å². The van der Waals surface area contributed by atoms with Gasteiger partial charge in [-0.05, 0) is 44.9 Å². The number of unbranched alkanes of at least 4 members (excludes halogenated alkanes) is 9. The van der Waals surface area contributed by atoms with Crippen LogP contribution in [0.25, 0.3) is 0 Å². The molecule has 1 aliphatic rings. The first-order valence-corrected chi connectivity index (χ1v) is 18.5. The Morgan fingerprint density at radius 3 is 1.83 bits per heavy atom. The Balaban J connectivity index is 2.80. The Bertz CT molecular complexity index is 963. The summed E-state index contributed by atoms with van der Waals surface area (Å²) in [6, 6.07) is -1.27.